The molecule has 2 rings (SSSR count). The summed E-state index contributed by atoms with van der Waals surface area (Å²) in [5, 5.41) is 21.2. The van der Waals surface area contributed by atoms with E-state index in [0.717, 1.165) is 12.8 Å². The maximum Gasteiger partial charge on any atom is 0.128 e. The van der Waals surface area contributed by atoms with E-state index in [2.05, 4.69) is 32.7 Å². The van der Waals surface area contributed by atoms with Gasteiger partial charge in [0, 0.05) is 35.7 Å². The molecule has 0 bridgehead atoms. The van der Waals surface area contributed by atoms with Crippen molar-refractivity contribution < 1.29 is 19.7 Å². The van der Waals surface area contributed by atoms with E-state index in [1.54, 1.807) is 24.6 Å². The van der Waals surface area contributed by atoms with Gasteiger partial charge in [-0.15, -0.1) is 0 Å². The largest absolute Gasteiger partial charge is 0.507 e. The number of rotatable bonds is 34. The molecule has 6 heteroatoms. The van der Waals surface area contributed by atoms with Crippen LogP contribution in [0.5, 0.6) is 23.0 Å². The molecule has 0 aliphatic rings. The van der Waals surface area contributed by atoms with E-state index in [1.165, 1.54) is 141 Å². The lowest BCUT2D eigenvalue weighted by molar-refractivity contribution is 0.302. The van der Waals surface area contributed by atoms with Crippen LogP contribution >= 0.6 is 0 Å². The first-order valence-corrected chi connectivity index (χ1v) is 21.9. The van der Waals surface area contributed by atoms with Crippen LogP contribution in [0.25, 0.3) is 0 Å². The molecule has 0 fully saturated rings. The zero-order valence-electron chi connectivity index (χ0n) is 34.5. The number of phenols is 2. The van der Waals surface area contributed by atoms with Crippen molar-refractivity contribution in [2.75, 3.05) is 19.8 Å². The van der Waals surface area contributed by atoms with Gasteiger partial charge in [-0.3, -0.25) is 9.98 Å². The van der Waals surface area contributed by atoms with Gasteiger partial charge in [0.25, 0.3) is 0 Å². The van der Waals surface area contributed by atoms with Crippen LogP contribution < -0.4 is 9.47 Å². The number of benzene rings is 2. The average molecular weight is 735 g/mol. The molecule has 2 aromatic rings. The molecule has 6 nitrogen and oxygen atoms in total. The van der Waals surface area contributed by atoms with Crippen LogP contribution in [0.2, 0.25) is 0 Å². The SMILES string of the molecule is CCCCCCCCCCCCCCOc1ccc(C=NC[C@@H](N=Cc2ccc(OCCCCCCCCCCCCCC)cc2O)C(C)C)c(O)c1. The average Bonchev–Trinajstić information content (AvgIpc) is 3.14. The van der Waals surface area contributed by atoms with Crippen molar-refractivity contribution in [2.24, 2.45) is 15.9 Å². The number of ether oxygens (including phenoxy) is 2. The Labute approximate surface area is 325 Å². The summed E-state index contributed by atoms with van der Waals surface area (Å²) < 4.78 is 11.8. The summed E-state index contributed by atoms with van der Waals surface area (Å²) in [6.45, 7) is 10.6. The number of hydrogen-bond acceptors (Lipinski definition) is 6. The van der Waals surface area contributed by atoms with Gasteiger partial charge in [0.05, 0.1) is 25.8 Å². The molecule has 0 radical (unpaired) electrons. The van der Waals surface area contributed by atoms with E-state index in [-0.39, 0.29) is 23.5 Å². The standard InChI is InChI=1S/C47H78N2O4/c1-5-7-9-11-13-15-17-19-21-23-25-27-33-52-43-31-29-41(46(50)35-43)37-48-39-45(40(3)4)49-38-42-30-32-44(36-47(42)51)53-34-28-26-24-22-20-18-16-14-12-10-8-6-2/h29-32,35-38,40,45,50-51H,5-28,33-34,39H2,1-4H3/t45-/m1/s1. The van der Waals surface area contributed by atoms with Crippen LogP contribution in [0, 0.1) is 5.92 Å². The van der Waals surface area contributed by atoms with E-state index >= 15 is 0 Å². The van der Waals surface area contributed by atoms with Gasteiger partial charge in [0.2, 0.25) is 0 Å². The summed E-state index contributed by atoms with van der Waals surface area (Å²) in [5.74, 6) is 1.96. The Hall–Kier alpha value is -3.02. The van der Waals surface area contributed by atoms with Crippen LogP contribution in [-0.4, -0.2) is 48.4 Å². The predicted octanol–water partition coefficient (Wildman–Crippen LogP) is 13.8. The smallest absolute Gasteiger partial charge is 0.128 e. The first-order chi connectivity index (χ1) is 25.9. The highest BCUT2D eigenvalue weighted by molar-refractivity contribution is 5.84. The van der Waals surface area contributed by atoms with Gasteiger partial charge in [0.1, 0.15) is 23.0 Å². The van der Waals surface area contributed by atoms with Gasteiger partial charge in [-0.1, -0.05) is 169 Å². The van der Waals surface area contributed by atoms with E-state index in [0.29, 0.717) is 42.4 Å². The highest BCUT2D eigenvalue weighted by atomic mass is 16.5. The van der Waals surface area contributed by atoms with Crippen molar-refractivity contribution in [1.82, 2.24) is 0 Å². The predicted molar refractivity (Wildman–Crippen MR) is 228 cm³/mol. The summed E-state index contributed by atoms with van der Waals surface area (Å²) >= 11 is 0. The lowest BCUT2D eigenvalue weighted by Gasteiger charge is -2.14. The molecular weight excluding hydrogens is 657 g/mol. The third-order valence-electron chi connectivity index (χ3n) is 10.2. The number of nitrogens with zero attached hydrogens (tertiary/aromatic N) is 2. The Morgan fingerprint density at radius 3 is 1.23 bits per heavy atom. The second-order valence-electron chi connectivity index (χ2n) is 15.5. The third-order valence-corrected chi connectivity index (χ3v) is 10.2. The van der Waals surface area contributed by atoms with Gasteiger partial charge in [0.15, 0.2) is 0 Å². The summed E-state index contributed by atoms with van der Waals surface area (Å²) in [6.07, 6.45) is 35.1. The van der Waals surface area contributed by atoms with Gasteiger partial charge in [-0.25, -0.2) is 0 Å². The Kier molecular flexibility index (Phi) is 27.3. The van der Waals surface area contributed by atoms with Crippen molar-refractivity contribution in [3.8, 4) is 23.0 Å². The molecule has 1 atom stereocenters. The molecule has 0 saturated carbocycles. The third kappa shape index (κ3) is 23.4. The van der Waals surface area contributed by atoms with Crippen molar-refractivity contribution in [3.63, 3.8) is 0 Å². The number of aliphatic imine (C=N–C) groups is 2. The monoisotopic (exact) mass is 735 g/mol. The van der Waals surface area contributed by atoms with Gasteiger partial charge in [-0.05, 0) is 43.0 Å². The second-order valence-corrected chi connectivity index (χ2v) is 15.5. The highest BCUT2D eigenvalue weighted by Gasteiger charge is 2.11. The number of unbranched alkanes of at least 4 members (excludes halogenated alkanes) is 22. The Morgan fingerprint density at radius 1 is 0.509 bits per heavy atom. The maximum absolute atomic E-state index is 10.6. The molecule has 0 aliphatic heterocycles. The summed E-state index contributed by atoms with van der Waals surface area (Å²) in [6, 6.07) is 10.8. The first-order valence-electron chi connectivity index (χ1n) is 21.9. The summed E-state index contributed by atoms with van der Waals surface area (Å²) in [5.41, 5.74) is 1.32. The fraction of sp³-hybridized carbons (Fsp3) is 0.702. The fourth-order valence-electron chi connectivity index (χ4n) is 6.58. The zero-order chi connectivity index (χ0) is 38.2. The van der Waals surface area contributed by atoms with Gasteiger partial charge >= 0.3 is 0 Å². The number of hydrogen-bond donors (Lipinski definition) is 2. The number of phenolic OH excluding ortho intramolecular Hbond substituents is 2. The van der Waals surface area contributed by atoms with Crippen LogP contribution in [0.4, 0.5) is 0 Å². The Morgan fingerprint density at radius 2 is 0.868 bits per heavy atom. The van der Waals surface area contributed by atoms with Crippen LogP contribution in [0.15, 0.2) is 46.4 Å². The molecule has 2 N–H and O–H groups in total. The number of aromatic hydroxyl groups is 2. The van der Waals surface area contributed by atoms with Crippen molar-refractivity contribution in [3.05, 3.63) is 47.5 Å². The molecule has 0 unspecified atom stereocenters. The van der Waals surface area contributed by atoms with Crippen LogP contribution in [-0.2, 0) is 0 Å². The molecule has 53 heavy (non-hydrogen) atoms. The van der Waals surface area contributed by atoms with Gasteiger partial charge < -0.3 is 19.7 Å². The maximum atomic E-state index is 10.6. The van der Waals surface area contributed by atoms with E-state index in [9.17, 15) is 10.2 Å². The molecule has 0 saturated heterocycles. The van der Waals surface area contributed by atoms with E-state index < -0.39 is 0 Å². The molecule has 0 amide bonds. The minimum absolute atomic E-state index is 0.0623. The molecule has 0 aromatic heterocycles. The van der Waals surface area contributed by atoms with Crippen molar-refractivity contribution in [1.29, 1.82) is 0 Å². The van der Waals surface area contributed by atoms with E-state index in [1.807, 2.05) is 24.3 Å². The summed E-state index contributed by atoms with van der Waals surface area (Å²) in [7, 11) is 0. The van der Waals surface area contributed by atoms with Gasteiger partial charge in [-0.2, -0.15) is 0 Å². The molecule has 300 valence electrons. The lowest BCUT2D eigenvalue weighted by atomic mass is 10.1. The summed E-state index contributed by atoms with van der Waals surface area (Å²) in [4.78, 5) is 9.36. The molecular formula is C47H78N2O4. The molecule has 0 heterocycles. The van der Waals surface area contributed by atoms with Crippen LogP contribution in [0.1, 0.15) is 193 Å². The van der Waals surface area contributed by atoms with Crippen LogP contribution in [0.3, 0.4) is 0 Å². The Bertz CT molecular complexity index is 1230. The lowest BCUT2D eigenvalue weighted by Crippen LogP contribution is -2.17. The minimum Gasteiger partial charge on any atom is -0.507 e. The minimum atomic E-state index is -0.0623. The van der Waals surface area contributed by atoms with Crippen molar-refractivity contribution >= 4 is 12.4 Å². The molecule has 0 aliphatic carbocycles. The van der Waals surface area contributed by atoms with E-state index in [4.69, 9.17) is 14.5 Å². The van der Waals surface area contributed by atoms with Crippen molar-refractivity contribution in [2.45, 2.75) is 188 Å². The normalized spacial score (nSPS) is 12.4. The topological polar surface area (TPSA) is 83.6 Å². The molecule has 2 aromatic carbocycles. The second kappa shape index (κ2) is 31.3. The fourth-order valence-corrected chi connectivity index (χ4v) is 6.58. The quantitative estimate of drug-likeness (QED) is 0.0554. The highest BCUT2D eigenvalue weighted by Crippen LogP contribution is 2.25. The first kappa shape index (κ1) is 46.1. The molecule has 0 spiro atoms. The Balaban J connectivity index is 1.63. The zero-order valence-corrected chi connectivity index (χ0v) is 34.5.